The Balaban J connectivity index is 5.15. The van der Waals surface area contributed by atoms with Gasteiger partial charge in [-0.15, -0.1) is 0 Å². The summed E-state index contributed by atoms with van der Waals surface area (Å²) in [5, 5.41) is 10.5. The highest BCUT2D eigenvalue weighted by Crippen LogP contribution is 2.45. The Labute approximate surface area is 511 Å². The Kier molecular flexibility index (Phi) is 55.0. The van der Waals surface area contributed by atoms with E-state index in [0.717, 1.165) is 108 Å². The van der Waals surface area contributed by atoms with Gasteiger partial charge in [-0.1, -0.05) is 267 Å². The quantitative estimate of drug-likeness (QED) is 0.0222. The zero-order chi connectivity index (χ0) is 62.4. The molecule has 0 aliphatic carbocycles. The van der Waals surface area contributed by atoms with Crippen molar-refractivity contribution in [3.05, 3.63) is 0 Å². The monoisotopic (exact) mass is 1240 g/mol. The van der Waals surface area contributed by atoms with Crippen LogP contribution < -0.4 is 0 Å². The average molecular weight is 1240 g/mol. The first-order valence-corrected chi connectivity index (χ1v) is 36.9. The fraction of sp³-hybridized carbons (Fsp3) is 0.938. The minimum Gasteiger partial charge on any atom is -0.462 e. The summed E-state index contributed by atoms with van der Waals surface area (Å²) in [5.41, 5.74) is 0. The minimum absolute atomic E-state index is 0.101. The van der Waals surface area contributed by atoms with Crippen LogP contribution in [-0.2, 0) is 65.4 Å². The van der Waals surface area contributed by atoms with Crippen molar-refractivity contribution in [3.63, 3.8) is 0 Å². The summed E-state index contributed by atoms with van der Waals surface area (Å²) >= 11 is 0. The van der Waals surface area contributed by atoms with Gasteiger partial charge in [0, 0.05) is 25.7 Å². The second kappa shape index (κ2) is 56.3. The van der Waals surface area contributed by atoms with Crippen LogP contribution in [0.3, 0.4) is 0 Å². The lowest BCUT2D eigenvalue weighted by molar-refractivity contribution is -0.161. The van der Waals surface area contributed by atoms with E-state index < -0.39 is 97.5 Å². The molecule has 0 amide bonds. The molecule has 0 rings (SSSR count). The number of rotatable bonds is 63. The van der Waals surface area contributed by atoms with E-state index in [1.165, 1.54) is 122 Å². The topological polar surface area (TPSA) is 237 Å². The summed E-state index contributed by atoms with van der Waals surface area (Å²) in [6.07, 6.45) is 38.1. The highest BCUT2D eigenvalue weighted by Gasteiger charge is 2.30. The Morgan fingerprint density at radius 3 is 0.905 bits per heavy atom. The smallest absolute Gasteiger partial charge is 0.462 e. The molecule has 0 aliphatic heterocycles. The number of phosphoric ester groups is 2. The van der Waals surface area contributed by atoms with Gasteiger partial charge >= 0.3 is 39.5 Å². The molecular formula is C65H126O17P2. The van der Waals surface area contributed by atoms with E-state index >= 15 is 0 Å². The molecule has 17 nitrogen and oxygen atoms in total. The highest BCUT2D eigenvalue weighted by molar-refractivity contribution is 7.47. The van der Waals surface area contributed by atoms with Crippen molar-refractivity contribution >= 4 is 39.5 Å². The summed E-state index contributed by atoms with van der Waals surface area (Å²) in [5.74, 6) is 0.111. The van der Waals surface area contributed by atoms with Crippen molar-refractivity contribution in [1.82, 2.24) is 0 Å². The fourth-order valence-corrected chi connectivity index (χ4v) is 11.2. The number of unbranched alkanes of at least 4 members (excludes halogenated alkanes) is 30. The standard InChI is InChI=1S/C65H126O17P2/c1-8-10-11-29-39-46-62(67)75-52-60(82-65(70)49-42-35-28-27-31-37-44-57(5)6)54-79-83(71,72)77-50-59(66)51-78-84(73,74)80-55-61(53-76-63(68)47-40-33-25-22-18-19-23-30-36-43-56(3)4)81-64(69)48-41-34-26-21-17-15-13-12-14-16-20-24-32-38-45-58(7)9-2/h56-61,66H,8-55H2,1-7H3,(H,71,72)(H,73,74)/t58?,59-,60+,61+/m0/s1. The molecule has 3 N–H and O–H groups in total. The van der Waals surface area contributed by atoms with Crippen LogP contribution in [0.15, 0.2) is 0 Å². The molecule has 6 atom stereocenters. The van der Waals surface area contributed by atoms with Crippen LogP contribution in [0, 0.1) is 17.8 Å². The van der Waals surface area contributed by atoms with E-state index in [1.54, 1.807) is 0 Å². The fourth-order valence-electron chi connectivity index (χ4n) is 9.62. The van der Waals surface area contributed by atoms with E-state index in [2.05, 4.69) is 48.5 Å². The molecule has 3 unspecified atom stereocenters. The number of aliphatic hydroxyl groups is 1. The maximum atomic E-state index is 13.0. The van der Waals surface area contributed by atoms with Crippen molar-refractivity contribution < 1.29 is 80.2 Å². The van der Waals surface area contributed by atoms with Gasteiger partial charge in [0.25, 0.3) is 0 Å². The Hall–Kier alpha value is -1.94. The van der Waals surface area contributed by atoms with Crippen LogP contribution in [0.2, 0.25) is 0 Å². The van der Waals surface area contributed by atoms with Gasteiger partial charge in [0.2, 0.25) is 0 Å². The zero-order valence-corrected chi connectivity index (χ0v) is 56.1. The molecule has 0 fully saturated rings. The van der Waals surface area contributed by atoms with Crippen LogP contribution in [0.4, 0.5) is 0 Å². The van der Waals surface area contributed by atoms with E-state index in [-0.39, 0.29) is 25.7 Å². The number of phosphoric acid groups is 2. The molecule has 0 saturated heterocycles. The molecule has 0 saturated carbocycles. The number of carbonyl (C=O) groups excluding carboxylic acids is 4. The molecule has 19 heteroatoms. The van der Waals surface area contributed by atoms with Gasteiger partial charge in [0.05, 0.1) is 26.4 Å². The van der Waals surface area contributed by atoms with Gasteiger partial charge in [0.1, 0.15) is 19.3 Å². The van der Waals surface area contributed by atoms with Gasteiger partial charge < -0.3 is 33.8 Å². The van der Waals surface area contributed by atoms with Crippen LogP contribution >= 0.6 is 15.6 Å². The van der Waals surface area contributed by atoms with Crippen molar-refractivity contribution in [1.29, 1.82) is 0 Å². The van der Waals surface area contributed by atoms with E-state index in [1.807, 2.05) is 0 Å². The maximum Gasteiger partial charge on any atom is 0.472 e. The summed E-state index contributed by atoms with van der Waals surface area (Å²) in [6.45, 7) is 11.7. The van der Waals surface area contributed by atoms with Gasteiger partial charge in [0.15, 0.2) is 12.2 Å². The predicted octanol–water partition coefficient (Wildman–Crippen LogP) is 17.9. The first-order chi connectivity index (χ1) is 40.3. The largest absolute Gasteiger partial charge is 0.472 e. The molecule has 84 heavy (non-hydrogen) atoms. The van der Waals surface area contributed by atoms with Gasteiger partial charge in [-0.05, 0) is 43.4 Å². The van der Waals surface area contributed by atoms with E-state index in [9.17, 15) is 43.2 Å². The normalized spacial score (nSPS) is 14.7. The van der Waals surface area contributed by atoms with Crippen molar-refractivity contribution in [2.75, 3.05) is 39.6 Å². The Bertz CT molecular complexity index is 1670. The Morgan fingerprint density at radius 2 is 0.607 bits per heavy atom. The molecule has 0 aliphatic rings. The van der Waals surface area contributed by atoms with Crippen molar-refractivity contribution in [3.8, 4) is 0 Å². The second-order valence-corrected chi connectivity index (χ2v) is 27.6. The lowest BCUT2D eigenvalue weighted by Crippen LogP contribution is -2.30. The highest BCUT2D eigenvalue weighted by atomic mass is 31.2. The van der Waals surface area contributed by atoms with Gasteiger partial charge in [-0.3, -0.25) is 37.3 Å². The van der Waals surface area contributed by atoms with E-state index in [4.69, 9.17) is 37.0 Å². The predicted molar refractivity (Wildman–Crippen MR) is 335 cm³/mol. The summed E-state index contributed by atoms with van der Waals surface area (Å²) in [7, 11) is -9.88. The Morgan fingerprint density at radius 1 is 0.345 bits per heavy atom. The van der Waals surface area contributed by atoms with E-state index in [0.29, 0.717) is 31.6 Å². The second-order valence-electron chi connectivity index (χ2n) is 24.7. The van der Waals surface area contributed by atoms with Gasteiger partial charge in [-0.2, -0.15) is 0 Å². The van der Waals surface area contributed by atoms with Crippen molar-refractivity contribution in [2.45, 2.75) is 336 Å². The minimum atomic E-state index is -4.95. The molecule has 0 aromatic rings. The molecule has 0 bridgehead atoms. The number of hydrogen-bond donors (Lipinski definition) is 3. The molecule has 0 aromatic heterocycles. The summed E-state index contributed by atoms with van der Waals surface area (Å²) in [4.78, 5) is 72.0. The molecule has 0 heterocycles. The summed E-state index contributed by atoms with van der Waals surface area (Å²) < 4.78 is 67.8. The molecule has 498 valence electrons. The van der Waals surface area contributed by atoms with Crippen LogP contribution in [0.25, 0.3) is 0 Å². The lowest BCUT2D eigenvalue weighted by atomic mass is 9.99. The first-order valence-electron chi connectivity index (χ1n) is 33.9. The molecule has 0 aromatic carbocycles. The number of esters is 4. The molecule has 0 spiro atoms. The number of hydrogen-bond acceptors (Lipinski definition) is 15. The third kappa shape index (κ3) is 57.8. The number of ether oxygens (including phenoxy) is 4. The first kappa shape index (κ1) is 82.1. The lowest BCUT2D eigenvalue weighted by Gasteiger charge is -2.21. The zero-order valence-electron chi connectivity index (χ0n) is 54.4. The molecule has 0 radical (unpaired) electrons. The average Bonchev–Trinajstić information content (AvgIpc) is 3.47. The van der Waals surface area contributed by atoms with Crippen LogP contribution in [0.1, 0.15) is 318 Å². The number of carbonyl (C=O) groups is 4. The third-order valence-corrected chi connectivity index (χ3v) is 17.1. The summed E-state index contributed by atoms with van der Waals surface area (Å²) in [6, 6.07) is 0. The number of aliphatic hydroxyl groups excluding tert-OH is 1. The van der Waals surface area contributed by atoms with Crippen LogP contribution in [0.5, 0.6) is 0 Å². The SMILES string of the molecule is CCCCCCCC(=O)OC[C@H](COP(=O)(O)OC[C@H](O)COP(=O)(O)OC[C@@H](COC(=O)CCCCCCCCCCCC(C)C)OC(=O)CCCCCCCCCCCCCCCCC(C)CC)OC(=O)CCCCCCCCC(C)C. The van der Waals surface area contributed by atoms with Crippen LogP contribution in [-0.4, -0.2) is 96.7 Å². The van der Waals surface area contributed by atoms with Crippen molar-refractivity contribution in [2.24, 2.45) is 17.8 Å². The maximum absolute atomic E-state index is 13.0. The third-order valence-electron chi connectivity index (χ3n) is 15.2. The van der Waals surface area contributed by atoms with Gasteiger partial charge in [-0.25, -0.2) is 9.13 Å². The molecular weight excluding hydrogens is 1110 g/mol.